The van der Waals surface area contributed by atoms with Gasteiger partial charge in [0.1, 0.15) is 0 Å². The molecule has 0 spiro atoms. The van der Waals surface area contributed by atoms with E-state index in [1.165, 1.54) is 0 Å². The fourth-order valence-electron chi connectivity index (χ4n) is 1.61. The van der Waals surface area contributed by atoms with Crippen LogP contribution in [0.5, 0.6) is 0 Å². The van der Waals surface area contributed by atoms with Crippen molar-refractivity contribution in [2.45, 2.75) is 18.8 Å². The van der Waals surface area contributed by atoms with Crippen LogP contribution in [-0.4, -0.2) is 19.6 Å². The van der Waals surface area contributed by atoms with E-state index in [2.05, 4.69) is 0 Å². The number of carbonyl (C=O) groups excluding carboxylic acids is 1. The number of benzene rings is 1. The molecule has 1 aromatic carbocycles. The van der Waals surface area contributed by atoms with Crippen LogP contribution in [0.3, 0.4) is 0 Å². The number of hydrogen-bond donors (Lipinski definition) is 1. The van der Waals surface area contributed by atoms with Crippen molar-refractivity contribution in [1.82, 2.24) is 0 Å². The predicted molar refractivity (Wildman–Crippen MR) is 59.5 cm³/mol. The van der Waals surface area contributed by atoms with Crippen LogP contribution in [0.4, 0.5) is 0 Å². The average molecular weight is 207 g/mol. The van der Waals surface area contributed by atoms with Gasteiger partial charge in [-0.3, -0.25) is 4.79 Å². The van der Waals surface area contributed by atoms with Crippen molar-refractivity contribution >= 4 is 5.91 Å². The summed E-state index contributed by atoms with van der Waals surface area (Å²) in [4.78, 5) is 10.9. The molecule has 0 aliphatic carbocycles. The van der Waals surface area contributed by atoms with E-state index >= 15 is 0 Å². The molecule has 1 rings (SSSR count). The Balaban J connectivity index is 2.67. The predicted octanol–water partition coefficient (Wildman–Crippen LogP) is 1.68. The fraction of sp³-hybridized carbons (Fsp3) is 0.417. The number of ether oxygens (including phenoxy) is 1. The van der Waals surface area contributed by atoms with Crippen molar-refractivity contribution in [2.24, 2.45) is 5.73 Å². The van der Waals surface area contributed by atoms with Crippen molar-refractivity contribution in [3.05, 3.63) is 35.9 Å². The molecule has 0 saturated heterocycles. The summed E-state index contributed by atoms with van der Waals surface area (Å²) in [6, 6.07) is 9.93. The summed E-state index contributed by atoms with van der Waals surface area (Å²) in [5, 5.41) is 0. The van der Waals surface area contributed by atoms with Crippen LogP contribution in [-0.2, 0) is 9.53 Å². The standard InChI is InChI=1S/C12H17NO2/c1-15-8-7-11(9-12(13)14)10-5-3-2-4-6-10/h2-6,11H,7-9H2,1H3,(H2,13,14). The third-order valence-electron chi connectivity index (χ3n) is 2.39. The zero-order chi connectivity index (χ0) is 11.1. The Morgan fingerprint density at radius 2 is 2.07 bits per heavy atom. The van der Waals surface area contributed by atoms with Crippen molar-refractivity contribution in [1.29, 1.82) is 0 Å². The maximum Gasteiger partial charge on any atom is 0.218 e. The van der Waals surface area contributed by atoms with Crippen LogP contribution in [0.1, 0.15) is 24.3 Å². The van der Waals surface area contributed by atoms with Gasteiger partial charge in [-0.1, -0.05) is 30.3 Å². The highest BCUT2D eigenvalue weighted by atomic mass is 16.5. The van der Waals surface area contributed by atoms with Gasteiger partial charge in [0.15, 0.2) is 0 Å². The summed E-state index contributed by atoms with van der Waals surface area (Å²) in [6.07, 6.45) is 1.21. The largest absolute Gasteiger partial charge is 0.385 e. The van der Waals surface area contributed by atoms with E-state index in [-0.39, 0.29) is 11.8 Å². The first-order chi connectivity index (χ1) is 7.24. The number of methoxy groups -OCH3 is 1. The SMILES string of the molecule is COCCC(CC(N)=O)c1ccccc1. The van der Waals surface area contributed by atoms with Crippen molar-refractivity contribution in [3.8, 4) is 0 Å². The molecule has 0 saturated carbocycles. The molecule has 2 N–H and O–H groups in total. The number of amides is 1. The molecule has 0 aliphatic rings. The number of rotatable bonds is 6. The highest BCUT2D eigenvalue weighted by molar-refractivity contribution is 5.74. The Morgan fingerprint density at radius 3 is 2.60 bits per heavy atom. The molecule has 0 aromatic heterocycles. The van der Waals surface area contributed by atoms with E-state index in [0.29, 0.717) is 13.0 Å². The maximum absolute atomic E-state index is 10.9. The molecule has 1 unspecified atom stereocenters. The molecule has 15 heavy (non-hydrogen) atoms. The van der Waals surface area contributed by atoms with Gasteiger partial charge in [0.05, 0.1) is 0 Å². The number of carbonyl (C=O) groups is 1. The van der Waals surface area contributed by atoms with E-state index < -0.39 is 0 Å². The van der Waals surface area contributed by atoms with Crippen LogP contribution in [0.2, 0.25) is 0 Å². The van der Waals surface area contributed by atoms with E-state index in [1.807, 2.05) is 30.3 Å². The second-order valence-electron chi connectivity index (χ2n) is 3.56. The van der Waals surface area contributed by atoms with E-state index in [9.17, 15) is 4.79 Å². The van der Waals surface area contributed by atoms with Gasteiger partial charge in [0, 0.05) is 20.1 Å². The van der Waals surface area contributed by atoms with Crippen LogP contribution in [0, 0.1) is 0 Å². The Kier molecular flexibility index (Phi) is 4.84. The first-order valence-electron chi connectivity index (χ1n) is 5.06. The molecule has 0 fully saturated rings. The summed E-state index contributed by atoms with van der Waals surface area (Å²) in [7, 11) is 1.66. The summed E-state index contributed by atoms with van der Waals surface area (Å²) in [6.45, 7) is 0.646. The maximum atomic E-state index is 10.9. The third kappa shape index (κ3) is 4.13. The highest BCUT2D eigenvalue weighted by Gasteiger charge is 2.13. The van der Waals surface area contributed by atoms with Crippen molar-refractivity contribution in [3.63, 3.8) is 0 Å². The van der Waals surface area contributed by atoms with Crippen LogP contribution >= 0.6 is 0 Å². The van der Waals surface area contributed by atoms with Gasteiger partial charge in [-0.25, -0.2) is 0 Å². The molecular formula is C12H17NO2. The summed E-state index contributed by atoms with van der Waals surface area (Å²) < 4.78 is 5.02. The summed E-state index contributed by atoms with van der Waals surface area (Å²) in [5.41, 5.74) is 6.37. The lowest BCUT2D eigenvalue weighted by Gasteiger charge is -2.14. The molecule has 3 heteroatoms. The number of nitrogens with two attached hydrogens (primary N) is 1. The Hall–Kier alpha value is -1.35. The van der Waals surface area contributed by atoms with Gasteiger partial charge < -0.3 is 10.5 Å². The van der Waals surface area contributed by atoms with Crippen LogP contribution in [0.15, 0.2) is 30.3 Å². The normalized spacial score (nSPS) is 12.3. The second kappa shape index (κ2) is 6.19. The molecule has 0 radical (unpaired) electrons. The van der Waals surface area contributed by atoms with Gasteiger partial charge in [-0.2, -0.15) is 0 Å². The lowest BCUT2D eigenvalue weighted by molar-refractivity contribution is -0.118. The molecule has 0 aliphatic heterocycles. The second-order valence-corrected chi connectivity index (χ2v) is 3.56. The first-order valence-corrected chi connectivity index (χ1v) is 5.06. The van der Waals surface area contributed by atoms with E-state index in [4.69, 9.17) is 10.5 Å². The number of primary amides is 1. The van der Waals surface area contributed by atoms with Gasteiger partial charge >= 0.3 is 0 Å². The fourth-order valence-corrected chi connectivity index (χ4v) is 1.61. The quantitative estimate of drug-likeness (QED) is 0.771. The highest BCUT2D eigenvalue weighted by Crippen LogP contribution is 2.22. The molecule has 3 nitrogen and oxygen atoms in total. The summed E-state index contributed by atoms with van der Waals surface area (Å²) >= 11 is 0. The molecule has 1 amide bonds. The van der Waals surface area contributed by atoms with E-state index in [0.717, 1.165) is 12.0 Å². The lowest BCUT2D eigenvalue weighted by Crippen LogP contribution is -2.16. The minimum Gasteiger partial charge on any atom is -0.385 e. The number of hydrogen-bond acceptors (Lipinski definition) is 2. The first kappa shape index (κ1) is 11.7. The van der Waals surface area contributed by atoms with Gasteiger partial charge in [-0.15, -0.1) is 0 Å². The topological polar surface area (TPSA) is 52.3 Å². The van der Waals surface area contributed by atoms with Gasteiger partial charge in [-0.05, 0) is 17.9 Å². The third-order valence-corrected chi connectivity index (χ3v) is 2.39. The minimum atomic E-state index is -0.264. The molecule has 1 aromatic rings. The minimum absolute atomic E-state index is 0.170. The van der Waals surface area contributed by atoms with Gasteiger partial charge in [0.25, 0.3) is 0 Å². The van der Waals surface area contributed by atoms with Crippen molar-refractivity contribution in [2.75, 3.05) is 13.7 Å². The lowest BCUT2D eigenvalue weighted by atomic mass is 9.93. The molecular weight excluding hydrogens is 190 g/mol. The molecule has 0 bridgehead atoms. The monoisotopic (exact) mass is 207 g/mol. The smallest absolute Gasteiger partial charge is 0.218 e. The Labute approximate surface area is 90.2 Å². The summed E-state index contributed by atoms with van der Waals surface area (Å²) in [5.74, 6) is -0.0939. The van der Waals surface area contributed by atoms with E-state index in [1.54, 1.807) is 7.11 Å². The van der Waals surface area contributed by atoms with Gasteiger partial charge in [0.2, 0.25) is 5.91 Å². The molecule has 1 atom stereocenters. The zero-order valence-electron chi connectivity index (χ0n) is 8.98. The van der Waals surface area contributed by atoms with Crippen molar-refractivity contribution < 1.29 is 9.53 Å². The Bertz CT molecular complexity index is 298. The molecule has 82 valence electrons. The van der Waals surface area contributed by atoms with Crippen LogP contribution in [0.25, 0.3) is 0 Å². The molecule has 0 heterocycles. The van der Waals surface area contributed by atoms with Crippen LogP contribution < -0.4 is 5.73 Å². The zero-order valence-corrected chi connectivity index (χ0v) is 8.98. The average Bonchev–Trinajstić information content (AvgIpc) is 2.25. The Morgan fingerprint density at radius 1 is 1.40 bits per heavy atom.